The van der Waals surface area contributed by atoms with Gasteiger partial charge >= 0.3 is 0 Å². The van der Waals surface area contributed by atoms with Gasteiger partial charge in [-0.05, 0) is 74.9 Å². The number of piperazine rings is 1. The molecule has 65 heavy (non-hydrogen) atoms. The van der Waals surface area contributed by atoms with Gasteiger partial charge in [-0.25, -0.2) is 4.98 Å². The van der Waals surface area contributed by atoms with E-state index < -0.39 is 36.8 Å². The van der Waals surface area contributed by atoms with Crippen LogP contribution in [-0.4, -0.2) is 125 Å². The van der Waals surface area contributed by atoms with Crippen molar-refractivity contribution in [3.63, 3.8) is 0 Å². The predicted molar refractivity (Wildman–Crippen MR) is 251 cm³/mol. The van der Waals surface area contributed by atoms with Crippen LogP contribution in [0.3, 0.4) is 0 Å². The molecule has 3 N–H and O–H groups in total. The number of para-hydroxylation sites is 1. The van der Waals surface area contributed by atoms with Crippen LogP contribution in [0.5, 0.6) is 5.75 Å². The fourth-order valence-corrected chi connectivity index (χ4v) is 10.6. The van der Waals surface area contributed by atoms with E-state index in [9.17, 15) is 23.7 Å². The molecule has 3 saturated heterocycles. The highest BCUT2D eigenvalue weighted by Crippen LogP contribution is 2.43. The molecule has 4 aliphatic rings. The van der Waals surface area contributed by atoms with Gasteiger partial charge in [0.1, 0.15) is 24.0 Å². The van der Waals surface area contributed by atoms with Gasteiger partial charge in [-0.1, -0.05) is 23.7 Å². The van der Waals surface area contributed by atoms with Crippen LogP contribution in [-0.2, 0) is 21.2 Å². The van der Waals surface area contributed by atoms with Crippen LogP contribution < -0.4 is 35.8 Å². The molecular formula is C46H51ClN11O6P. The number of amides is 4. The summed E-state index contributed by atoms with van der Waals surface area (Å²) >= 11 is 6.57. The fraction of sp³-hybridized carbons (Fsp3) is 0.370. The maximum absolute atomic E-state index is 13.4. The minimum Gasteiger partial charge on any atom is -0.494 e. The number of imide groups is 2. The summed E-state index contributed by atoms with van der Waals surface area (Å²) in [7, 11) is 0.944. The standard InChI is InChI=1S/C46H51ClN11O6P/c1-54-27-29(24-49-54)32-22-36(51-46-48-25-34(47)42(53-46)50-35-7-5-6-8-40(35)65(3,4)63)39(64-2)23-38(32)57-15-13-28(14-16-57)26-55-17-19-56(20-18-55)30-9-10-31-33(21-30)45(62)58(44(31)61)37-11-12-41(59)52-43(37)60/h5-10,21-25,27-28,37H,11-20,26H2,1-4H3,(H,52,59,60)(H2,48,50,51,53). The molecule has 0 bridgehead atoms. The van der Waals surface area contributed by atoms with Crippen molar-refractivity contribution < 1.29 is 28.5 Å². The molecule has 3 fully saturated rings. The van der Waals surface area contributed by atoms with Gasteiger partial charge in [-0.2, -0.15) is 10.1 Å². The Hall–Kier alpha value is -6.29. The first-order valence-corrected chi connectivity index (χ1v) is 24.7. The summed E-state index contributed by atoms with van der Waals surface area (Å²) in [6.45, 7) is 9.46. The Kier molecular flexibility index (Phi) is 12.1. The Balaban J connectivity index is 0.845. The number of hydrogen-bond acceptors (Lipinski definition) is 14. The van der Waals surface area contributed by atoms with E-state index in [0.717, 1.165) is 86.1 Å². The molecule has 0 radical (unpaired) electrons. The third-order valence-corrected chi connectivity index (χ3v) is 14.5. The van der Waals surface area contributed by atoms with Crippen molar-refractivity contribution in [2.45, 2.75) is 31.7 Å². The van der Waals surface area contributed by atoms with E-state index in [1.807, 2.05) is 55.8 Å². The summed E-state index contributed by atoms with van der Waals surface area (Å²) in [6, 6.07) is 15.9. The minimum absolute atomic E-state index is 0.0825. The molecule has 19 heteroatoms. The lowest BCUT2D eigenvalue weighted by atomic mass is 9.94. The van der Waals surface area contributed by atoms with Crippen LogP contribution in [0.2, 0.25) is 5.02 Å². The highest BCUT2D eigenvalue weighted by Gasteiger charge is 2.45. The van der Waals surface area contributed by atoms with Gasteiger partial charge in [0, 0.05) is 99.4 Å². The predicted octanol–water partition coefficient (Wildman–Crippen LogP) is 5.71. The number of hydrogen-bond donors (Lipinski definition) is 3. The second kappa shape index (κ2) is 17.9. The van der Waals surface area contributed by atoms with E-state index in [2.05, 4.69) is 46.8 Å². The Morgan fingerprint density at radius 3 is 2.31 bits per heavy atom. The second-order valence-corrected chi connectivity index (χ2v) is 21.0. The molecule has 0 aliphatic carbocycles. The second-order valence-electron chi connectivity index (χ2n) is 17.4. The molecule has 2 aromatic heterocycles. The number of nitrogens with one attached hydrogen (secondary N) is 3. The van der Waals surface area contributed by atoms with Crippen LogP contribution in [0.4, 0.5) is 34.5 Å². The van der Waals surface area contributed by atoms with Gasteiger partial charge in [0.05, 0.1) is 42.0 Å². The summed E-state index contributed by atoms with van der Waals surface area (Å²) in [5, 5.41) is 14.4. The van der Waals surface area contributed by atoms with Gasteiger partial charge in [0.25, 0.3) is 11.8 Å². The zero-order chi connectivity index (χ0) is 45.6. The third-order valence-electron chi connectivity index (χ3n) is 12.7. The van der Waals surface area contributed by atoms with Crippen LogP contribution in [0.1, 0.15) is 46.4 Å². The maximum Gasteiger partial charge on any atom is 0.262 e. The molecule has 338 valence electrons. The lowest BCUT2D eigenvalue weighted by Crippen LogP contribution is -2.54. The molecule has 5 aromatic rings. The summed E-state index contributed by atoms with van der Waals surface area (Å²) in [5.74, 6) is -0.199. The SMILES string of the molecule is COc1cc(N2CCC(CN3CCN(c4ccc5c(c4)C(=O)N(C4CCC(=O)NC4=O)C5=O)CC3)CC2)c(-c2cnn(C)c2)cc1Nc1ncc(Cl)c(Nc2ccccc2P(C)(C)=O)n1. The molecule has 17 nitrogen and oxygen atoms in total. The highest BCUT2D eigenvalue weighted by atomic mass is 35.5. The number of fused-ring (bicyclic) bond motifs is 1. The summed E-state index contributed by atoms with van der Waals surface area (Å²) in [6.07, 6.45) is 7.62. The zero-order valence-corrected chi connectivity index (χ0v) is 38.4. The maximum atomic E-state index is 13.4. The van der Waals surface area contributed by atoms with Crippen LogP contribution in [0.15, 0.2) is 73.2 Å². The molecule has 3 aromatic carbocycles. The van der Waals surface area contributed by atoms with Gasteiger partial charge in [0.15, 0.2) is 5.82 Å². The Morgan fingerprint density at radius 2 is 1.60 bits per heavy atom. The number of carbonyl (C=O) groups is 4. The zero-order valence-electron chi connectivity index (χ0n) is 36.7. The van der Waals surface area contributed by atoms with Gasteiger partial charge in [0.2, 0.25) is 17.8 Å². The quantitative estimate of drug-likeness (QED) is 0.102. The van der Waals surface area contributed by atoms with Crippen molar-refractivity contribution in [1.82, 2.24) is 34.9 Å². The molecule has 0 spiro atoms. The first-order valence-electron chi connectivity index (χ1n) is 21.7. The molecule has 0 saturated carbocycles. The van der Waals surface area contributed by atoms with Gasteiger partial charge in [-0.15, -0.1) is 0 Å². The Morgan fingerprint density at radius 1 is 0.846 bits per heavy atom. The molecule has 9 rings (SSSR count). The number of ether oxygens (including phenoxy) is 1. The van der Waals surface area contributed by atoms with E-state index in [1.165, 1.54) is 6.20 Å². The fourth-order valence-electron chi connectivity index (χ4n) is 9.27. The van der Waals surface area contributed by atoms with E-state index >= 15 is 0 Å². The van der Waals surface area contributed by atoms with Crippen molar-refractivity contribution in [2.24, 2.45) is 13.0 Å². The number of benzene rings is 3. The first kappa shape index (κ1) is 43.9. The van der Waals surface area contributed by atoms with E-state index in [0.29, 0.717) is 50.7 Å². The monoisotopic (exact) mass is 919 g/mol. The first-order chi connectivity index (χ1) is 31.2. The molecule has 4 amide bonds. The average Bonchev–Trinajstić information content (AvgIpc) is 3.84. The Labute approximate surface area is 381 Å². The molecule has 1 unspecified atom stereocenters. The normalized spacial score (nSPS) is 18.5. The lowest BCUT2D eigenvalue weighted by Gasteiger charge is -2.40. The van der Waals surface area contributed by atoms with E-state index in [-0.39, 0.29) is 18.4 Å². The smallest absolute Gasteiger partial charge is 0.262 e. The molecular weight excluding hydrogens is 869 g/mol. The number of methoxy groups -OCH3 is 1. The Bertz CT molecular complexity index is 2740. The average molecular weight is 920 g/mol. The molecule has 1 atom stereocenters. The number of anilines is 6. The van der Waals surface area contributed by atoms with Crippen molar-refractivity contribution in [3.8, 4) is 16.9 Å². The number of aryl methyl sites for hydroxylation is 1. The van der Waals surface area contributed by atoms with Crippen molar-refractivity contribution in [3.05, 3.63) is 89.3 Å². The largest absolute Gasteiger partial charge is 0.494 e. The summed E-state index contributed by atoms with van der Waals surface area (Å²) in [4.78, 5) is 68.2. The number of halogens is 1. The summed E-state index contributed by atoms with van der Waals surface area (Å²) in [5.41, 5.74) is 5.77. The molecule has 6 heterocycles. The van der Waals surface area contributed by atoms with E-state index in [1.54, 1.807) is 37.3 Å². The number of carbonyl (C=O) groups excluding carboxylic acids is 4. The van der Waals surface area contributed by atoms with Crippen molar-refractivity contribution in [1.29, 1.82) is 0 Å². The van der Waals surface area contributed by atoms with Crippen LogP contribution in [0, 0.1) is 5.92 Å². The van der Waals surface area contributed by atoms with Crippen molar-refractivity contribution >= 4 is 82.2 Å². The third kappa shape index (κ3) is 9.05. The summed E-state index contributed by atoms with van der Waals surface area (Å²) < 4.78 is 20.8. The lowest BCUT2D eigenvalue weighted by molar-refractivity contribution is -0.136. The number of nitrogens with zero attached hydrogens (tertiary/aromatic N) is 8. The van der Waals surface area contributed by atoms with Gasteiger partial charge in [-0.3, -0.25) is 39.0 Å². The number of aromatic nitrogens is 4. The van der Waals surface area contributed by atoms with Gasteiger partial charge < -0.3 is 29.7 Å². The number of rotatable bonds is 12. The molecule has 4 aliphatic heterocycles. The highest BCUT2D eigenvalue weighted by molar-refractivity contribution is 7.70. The minimum atomic E-state index is -2.60. The van der Waals surface area contributed by atoms with Crippen LogP contribution in [0.25, 0.3) is 11.1 Å². The van der Waals surface area contributed by atoms with Crippen LogP contribution >= 0.6 is 18.7 Å². The topological polar surface area (TPSA) is 187 Å². The van der Waals surface area contributed by atoms with Crippen molar-refractivity contribution in [2.75, 3.05) is 86.7 Å². The number of piperidine rings is 2. The van der Waals surface area contributed by atoms with E-state index in [4.69, 9.17) is 21.3 Å².